The largest absolute Gasteiger partial charge is 0.497 e. The number of carbonyl (C=O) groups excluding carboxylic acids is 2. The highest BCUT2D eigenvalue weighted by atomic mass is 16.5. The summed E-state index contributed by atoms with van der Waals surface area (Å²) < 4.78 is 5.36. The van der Waals surface area contributed by atoms with Gasteiger partial charge in [-0.25, -0.2) is 0 Å². The highest BCUT2D eigenvalue weighted by Gasteiger charge is 2.54. The van der Waals surface area contributed by atoms with Gasteiger partial charge in [-0.1, -0.05) is 6.92 Å². The third-order valence-corrected chi connectivity index (χ3v) is 6.13. The van der Waals surface area contributed by atoms with Crippen LogP contribution < -0.4 is 4.74 Å². The summed E-state index contributed by atoms with van der Waals surface area (Å²) >= 11 is 0. The Balaban J connectivity index is 1.90. The number of amides is 2. The minimum atomic E-state index is -0.974. The van der Waals surface area contributed by atoms with Crippen molar-refractivity contribution in [3.63, 3.8) is 0 Å². The Morgan fingerprint density at radius 1 is 1.35 bits per heavy atom. The highest BCUT2D eigenvalue weighted by molar-refractivity contribution is 6.01. The maximum Gasteiger partial charge on any atom is 0.255 e. The fourth-order valence-electron chi connectivity index (χ4n) is 4.37. The molecule has 1 aromatic carbocycles. The molecule has 4 rings (SSSR count). The summed E-state index contributed by atoms with van der Waals surface area (Å²) in [6.45, 7) is 6.66. The standard InChI is InChI=1S/C20H25N3O3/c1-5-12(2)22-11-17(24)23-9-8-14-15-10-13(26-4)6-7-16(15)21-18(14)20(23,3)19(22)25/h6-7,10,12,21H,5,8-9,11H2,1-4H3/t12?,20-/m0/s1. The quantitative estimate of drug-likeness (QED) is 0.920. The second-order valence-electron chi connectivity index (χ2n) is 7.45. The van der Waals surface area contributed by atoms with E-state index in [0.717, 1.165) is 40.8 Å². The van der Waals surface area contributed by atoms with Gasteiger partial charge in [-0.3, -0.25) is 9.59 Å². The fourth-order valence-corrected chi connectivity index (χ4v) is 4.37. The molecule has 2 aliphatic heterocycles. The number of H-pyrrole nitrogens is 1. The summed E-state index contributed by atoms with van der Waals surface area (Å²) in [4.78, 5) is 33.2. The summed E-state index contributed by atoms with van der Waals surface area (Å²) in [5.41, 5.74) is 1.96. The Kier molecular flexibility index (Phi) is 3.75. The zero-order chi connectivity index (χ0) is 18.6. The van der Waals surface area contributed by atoms with E-state index in [1.165, 1.54) is 0 Å². The maximum absolute atomic E-state index is 13.5. The number of carbonyl (C=O) groups is 2. The number of piperazine rings is 1. The van der Waals surface area contributed by atoms with Crippen LogP contribution in [0, 0.1) is 0 Å². The Labute approximate surface area is 153 Å². The fraction of sp³-hybridized carbons (Fsp3) is 0.500. The number of fused-ring (bicyclic) bond motifs is 5. The van der Waals surface area contributed by atoms with Crippen LogP contribution in [0.5, 0.6) is 5.75 Å². The van der Waals surface area contributed by atoms with E-state index in [-0.39, 0.29) is 24.4 Å². The van der Waals surface area contributed by atoms with Crippen molar-refractivity contribution in [2.45, 2.75) is 45.2 Å². The summed E-state index contributed by atoms with van der Waals surface area (Å²) in [7, 11) is 1.65. The number of rotatable bonds is 3. The van der Waals surface area contributed by atoms with E-state index < -0.39 is 5.54 Å². The minimum Gasteiger partial charge on any atom is -0.497 e. The van der Waals surface area contributed by atoms with Crippen molar-refractivity contribution in [3.8, 4) is 5.75 Å². The van der Waals surface area contributed by atoms with Gasteiger partial charge in [0.1, 0.15) is 12.3 Å². The molecule has 26 heavy (non-hydrogen) atoms. The van der Waals surface area contributed by atoms with E-state index in [1.807, 2.05) is 39.0 Å². The second-order valence-corrected chi connectivity index (χ2v) is 7.45. The van der Waals surface area contributed by atoms with Crippen molar-refractivity contribution < 1.29 is 14.3 Å². The van der Waals surface area contributed by atoms with Gasteiger partial charge < -0.3 is 19.5 Å². The second kappa shape index (κ2) is 5.76. The zero-order valence-corrected chi connectivity index (χ0v) is 15.8. The molecule has 2 aromatic rings. The molecule has 138 valence electrons. The van der Waals surface area contributed by atoms with Gasteiger partial charge >= 0.3 is 0 Å². The molecule has 0 bridgehead atoms. The van der Waals surface area contributed by atoms with Crippen LogP contribution in [0.1, 0.15) is 38.4 Å². The van der Waals surface area contributed by atoms with E-state index in [1.54, 1.807) is 16.9 Å². The van der Waals surface area contributed by atoms with Crippen molar-refractivity contribution in [2.24, 2.45) is 0 Å². The monoisotopic (exact) mass is 355 g/mol. The number of aromatic nitrogens is 1. The Bertz CT molecular complexity index is 903. The minimum absolute atomic E-state index is 0.00548. The van der Waals surface area contributed by atoms with Crippen LogP contribution in [0.2, 0.25) is 0 Å². The molecule has 2 aliphatic rings. The number of methoxy groups -OCH3 is 1. The molecule has 0 spiro atoms. The lowest BCUT2D eigenvalue weighted by atomic mass is 9.82. The van der Waals surface area contributed by atoms with Gasteiger partial charge in [0.05, 0.1) is 12.8 Å². The number of hydrogen-bond acceptors (Lipinski definition) is 3. The first-order valence-corrected chi connectivity index (χ1v) is 9.22. The van der Waals surface area contributed by atoms with Crippen molar-refractivity contribution in [2.75, 3.05) is 20.2 Å². The molecule has 2 amide bonds. The maximum atomic E-state index is 13.5. The van der Waals surface area contributed by atoms with E-state index in [0.29, 0.717) is 6.54 Å². The molecule has 1 N–H and O–H groups in total. The normalized spacial score (nSPS) is 23.8. The van der Waals surface area contributed by atoms with Crippen LogP contribution in [-0.4, -0.2) is 52.8 Å². The van der Waals surface area contributed by atoms with Gasteiger partial charge in [-0.15, -0.1) is 0 Å². The van der Waals surface area contributed by atoms with Gasteiger partial charge in [-0.05, 0) is 50.5 Å². The van der Waals surface area contributed by atoms with Gasteiger partial charge in [-0.2, -0.15) is 0 Å². The number of hydrogen-bond donors (Lipinski definition) is 1. The van der Waals surface area contributed by atoms with Gasteiger partial charge in [0.2, 0.25) is 5.91 Å². The molecule has 2 atom stereocenters. The first-order chi connectivity index (χ1) is 12.4. The number of nitrogens with zero attached hydrogens (tertiary/aromatic N) is 2. The van der Waals surface area contributed by atoms with Crippen molar-refractivity contribution in [3.05, 3.63) is 29.5 Å². The summed E-state index contributed by atoms with van der Waals surface area (Å²) in [5.74, 6) is 0.819. The lowest BCUT2D eigenvalue weighted by molar-refractivity contribution is -0.168. The lowest BCUT2D eigenvalue weighted by Gasteiger charge is -2.50. The Morgan fingerprint density at radius 2 is 2.12 bits per heavy atom. The SMILES string of the molecule is CCC(C)N1CC(=O)N2CCc3c([nH]c4ccc(OC)cc34)[C@@]2(C)C1=O. The van der Waals surface area contributed by atoms with Crippen LogP contribution >= 0.6 is 0 Å². The van der Waals surface area contributed by atoms with E-state index in [2.05, 4.69) is 4.98 Å². The van der Waals surface area contributed by atoms with Gasteiger partial charge in [0.15, 0.2) is 5.54 Å². The van der Waals surface area contributed by atoms with Crippen molar-refractivity contribution in [1.29, 1.82) is 0 Å². The molecule has 0 aliphatic carbocycles. The zero-order valence-electron chi connectivity index (χ0n) is 15.8. The highest BCUT2D eigenvalue weighted by Crippen LogP contribution is 2.43. The molecule has 1 fully saturated rings. The number of aromatic amines is 1. The van der Waals surface area contributed by atoms with Crippen molar-refractivity contribution in [1.82, 2.24) is 14.8 Å². The number of benzene rings is 1. The van der Waals surface area contributed by atoms with Crippen LogP contribution in [-0.2, 0) is 21.5 Å². The summed E-state index contributed by atoms with van der Waals surface area (Å²) in [6.07, 6.45) is 1.56. The third kappa shape index (κ3) is 2.11. The Morgan fingerprint density at radius 3 is 2.81 bits per heavy atom. The van der Waals surface area contributed by atoms with E-state index >= 15 is 0 Å². The first kappa shape index (κ1) is 16.9. The predicted molar refractivity (Wildman–Crippen MR) is 99.1 cm³/mol. The van der Waals surface area contributed by atoms with Crippen LogP contribution in [0.25, 0.3) is 10.9 Å². The summed E-state index contributed by atoms with van der Waals surface area (Å²) in [5, 5.41) is 1.07. The number of nitrogens with one attached hydrogen (secondary N) is 1. The van der Waals surface area contributed by atoms with Crippen LogP contribution in [0.3, 0.4) is 0 Å². The van der Waals surface area contributed by atoms with E-state index in [9.17, 15) is 9.59 Å². The van der Waals surface area contributed by atoms with Crippen molar-refractivity contribution >= 4 is 22.7 Å². The molecule has 0 saturated carbocycles. The average molecular weight is 355 g/mol. The topological polar surface area (TPSA) is 65.6 Å². The smallest absolute Gasteiger partial charge is 0.255 e. The average Bonchev–Trinajstić information content (AvgIpc) is 3.03. The van der Waals surface area contributed by atoms with Crippen LogP contribution in [0.4, 0.5) is 0 Å². The molecular formula is C20H25N3O3. The van der Waals surface area contributed by atoms with Gasteiger partial charge in [0.25, 0.3) is 5.91 Å². The third-order valence-electron chi connectivity index (χ3n) is 6.13. The Hall–Kier alpha value is -2.50. The summed E-state index contributed by atoms with van der Waals surface area (Å²) in [6, 6.07) is 5.93. The molecule has 1 aromatic heterocycles. The lowest BCUT2D eigenvalue weighted by Crippen LogP contribution is -2.68. The van der Waals surface area contributed by atoms with Gasteiger partial charge in [0, 0.05) is 23.5 Å². The molecule has 6 nitrogen and oxygen atoms in total. The molecular weight excluding hydrogens is 330 g/mol. The molecule has 6 heteroatoms. The van der Waals surface area contributed by atoms with E-state index in [4.69, 9.17) is 4.74 Å². The molecule has 3 heterocycles. The molecule has 0 radical (unpaired) electrons. The predicted octanol–water partition coefficient (Wildman–Crippen LogP) is 2.42. The molecule has 1 unspecified atom stereocenters. The molecule has 1 saturated heterocycles. The number of ether oxygens (including phenoxy) is 1. The first-order valence-electron chi connectivity index (χ1n) is 9.22. The van der Waals surface area contributed by atoms with Crippen LogP contribution in [0.15, 0.2) is 18.2 Å².